The summed E-state index contributed by atoms with van der Waals surface area (Å²) in [6.07, 6.45) is 1.69. The van der Waals surface area contributed by atoms with E-state index in [4.69, 9.17) is 0 Å². The molecule has 0 aromatic heterocycles. The van der Waals surface area contributed by atoms with Gasteiger partial charge in [0.25, 0.3) is 5.91 Å². The van der Waals surface area contributed by atoms with Crippen molar-refractivity contribution in [2.24, 2.45) is 11.8 Å². The van der Waals surface area contributed by atoms with Gasteiger partial charge >= 0.3 is 5.97 Å². The molecule has 0 spiro atoms. The molecule has 3 fully saturated rings. The van der Waals surface area contributed by atoms with Gasteiger partial charge in [0.15, 0.2) is 0 Å². The van der Waals surface area contributed by atoms with Crippen molar-refractivity contribution in [2.45, 2.75) is 36.8 Å². The molecular formula is C32H31N3O5. The topological polar surface area (TPSA) is 116 Å². The van der Waals surface area contributed by atoms with Crippen molar-refractivity contribution in [3.63, 3.8) is 0 Å². The number of likely N-dealkylation sites (tertiary alicyclic amines) is 1. The normalized spacial score (nSPS) is 26.6. The Labute approximate surface area is 232 Å². The van der Waals surface area contributed by atoms with Crippen LogP contribution in [-0.4, -0.2) is 58.9 Å². The highest BCUT2D eigenvalue weighted by molar-refractivity contribution is 5.98. The lowest BCUT2D eigenvalue weighted by atomic mass is 9.94. The van der Waals surface area contributed by atoms with E-state index in [0.29, 0.717) is 5.56 Å². The number of amides is 3. The standard InChI is InChI=1S/C32H31N3O5/c36-29(33-27-15-23(27)19-7-3-1-4-8-19)25-17-35(31(38)21-11-13-22(14-12-21)32(39)40)18-26(25)30(37)34-28-16-24(28)20-9-5-2-6-10-20/h1-14,23-28H,15-18H2,(H,33,36)(H,34,37)(H,39,40)/t23?,24?,25-,26?,27+,28+/m1/s1. The van der Waals surface area contributed by atoms with Crippen LogP contribution in [0.3, 0.4) is 0 Å². The summed E-state index contributed by atoms with van der Waals surface area (Å²) >= 11 is 0. The highest BCUT2D eigenvalue weighted by Crippen LogP contribution is 2.42. The monoisotopic (exact) mass is 537 g/mol. The van der Waals surface area contributed by atoms with E-state index in [9.17, 15) is 24.3 Å². The number of nitrogens with zero attached hydrogens (tertiary/aromatic N) is 1. The van der Waals surface area contributed by atoms with Crippen molar-refractivity contribution in [2.75, 3.05) is 13.1 Å². The number of hydrogen-bond acceptors (Lipinski definition) is 4. The minimum absolute atomic E-state index is 0.0119. The summed E-state index contributed by atoms with van der Waals surface area (Å²) in [5.41, 5.74) is 2.76. The minimum atomic E-state index is -1.07. The Balaban J connectivity index is 1.15. The Morgan fingerprint density at radius 2 is 1.05 bits per heavy atom. The average Bonchev–Trinajstić information content (AvgIpc) is 3.88. The molecule has 2 saturated carbocycles. The zero-order valence-electron chi connectivity index (χ0n) is 21.9. The van der Waals surface area contributed by atoms with Crippen LogP contribution in [0.2, 0.25) is 0 Å². The summed E-state index contributed by atoms with van der Waals surface area (Å²) in [4.78, 5) is 53.1. The lowest BCUT2D eigenvalue weighted by Crippen LogP contribution is -2.43. The zero-order valence-corrected chi connectivity index (χ0v) is 21.9. The second-order valence-electron chi connectivity index (χ2n) is 11.0. The molecule has 0 bridgehead atoms. The predicted molar refractivity (Wildman–Crippen MR) is 148 cm³/mol. The third-order valence-electron chi connectivity index (χ3n) is 8.35. The van der Waals surface area contributed by atoms with Crippen LogP contribution >= 0.6 is 0 Å². The van der Waals surface area contributed by atoms with Crippen molar-refractivity contribution in [1.82, 2.24) is 15.5 Å². The van der Waals surface area contributed by atoms with Crippen molar-refractivity contribution in [1.29, 1.82) is 0 Å². The molecule has 3 aromatic rings. The van der Waals surface area contributed by atoms with Gasteiger partial charge in [0.1, 0.15) is 0 Å². The molecule has 40 heavy (non-hydrogen) atoms. The molecule has 2 aliphatic carbocycles. The van der Waals surface area contributed by atoms with E-state index in [1.807, 2.05) is 36.4 Å². The summed E-state index contributed by atoms with van der Waals surface area (Å²) in [6, 6.07) is 25.8. The van der Waals surface area contributed by atoms with Gasteiger partial charge in [0.2, 0.25) is 11.8 Å². The Morgan fingerprint density at radius 3 is 1.48 bits per heavy atom. The van der Waals surface area contributed by atoms with Crippen LogP contribution in [0, 0.1) is 11.8 Å². The second kappa shape index (κ2) is 10.6. The number of nitrogens with one attached hydrogen (secondary N) is 2. The van der Waals surface area contributed by atoms with E-state index < -0.39 is 17.8 Å². The fourth-order valence-corrected chi connectivity index (χ4v) is 5.86. The maximum absolute atomic E-state index is 13.5. The SMILES string of the molecule is O=C(O)c1ccc(C(=O)N2CC(C(=O)N[C@H]3CC3c3ccccc3)[C@H](C(=O)N[C@H]3CC3c3ccccc3)C2)cc1. The number of aromatic carboxylic acids is 1. The van der Waals surface area contributed by atoms with Gasteiger partial charge in [-0.25, -0.2) is 4.79 Å². The van der Waals surface area contributed by atoms with Crippen LogP contribution in [0.4, 0.5) is 0 Å². The van der Waals surface area contributed by atoms with Crippen LogP contribution in [0.25, 0.3) is 0 Å². The molecular weight excluding hydrogens is 506 g/mol. The van der Waals surface area contributed by atoms with Crippen molar-refractivity contribution in [3.05, 3.63) is 107 Å². The number of carbonyl (C=O) groups is 4. The number of hydrogen-bond donors (Lipinski definition) is 3. The largest absolute Gasteiger partial charge is 0.478 e. The maximum atomic E-state index is 13.5. The first-order chi connectivity index (χ1) is 19.4. The Bertz CT molecular complexity index is 1350. The molecule has 3 aliphatic rings. The fraction of sp³-hybridized carbons (Fsp3) is 0.312. The number of carboxylic acids is 1. The Hall–Kier alpha value is -4.46. The molecule has 0 radical (unpaired) electrons. The van der Waals surface area contributed by atoms with Gasteiger partial charge in [-0.3, -0.25) is 14.4 Å². The van der Waals surface area contributed by atoms with E-state index >= 15 is 0 Å². The molecule has 6 rings (SSSR count). The minimum Gasteiger partial charge on any atom is -0.478 e. The second-order valence-corrected chi connectivity index (χ2v) is 11.0. The van der Waals surface area contributed by atoms with E-state index in [1.54, 1.807) is 0 Å². The predicted octanol–water partition coefficient (Wildman–Crippen LogP) is 3.42. The summed E-state index contributed by atoms with van der Waals surface area (Å²) in [5.74, 6) is -2.67. The van der Waals surface area contributed by atoms with Gasteiger partial charge in [-0.15, -0.1) is 0 Å². The maximum Gasteiger partial charge on any atom is 0.335 e. The number of rotatable bonds is 8. The molecule has 6 atom stereocenters. The average molecular weight is 538 g/mol. The first-order valence-electron chi connectivity index (χ1n) is 13.7. The summed E-state index contributed by atoms with van der Waals surface area (Å²) in [7, 11) is 0. The highest BCUT2D eigenvalue weighted by atomic mass is 16.4. The molecule has 3 amide bonds. The van der Waals surface area contributed by atoms with Gasteiger partial charge < -0.3 is 20.6 Å². The van der Waals surface area contributed by atoms with Crippen molar-refractivity contribution in [3.8, 4) is 0 Å². The quantitative estimate of drug-likeness (QED) is 0.407. The lowest BCUT2D eigenvalue weighted by molar-refractivity contribution is -0.133. The van der Waals surface area contributed by atoms with Gasteiger partial charge in [0, 0.05) is 42.6 Å². The Kier molecular flexibility index (Phi) is 6.84. The number of carboxylic acid groups (broad SMARTS) is 1. The van der Waals surface area contributed by atoms with Crippen molar-refractivity contribution < 1.29 is 24.3 Å². The van der Waals surface area contributed by atoms with E-state index in [2.05, 4.69) is 34.9 Å². The molecule has 1 saturated heterocycles. The highest BCUT2D eigenvalue weighted by Gasteiger charge is 2.48. The van der Waals surface area contributed by atoms with Gasteiger partial charge in [-0.1, -0.05) is 60.7 Å². The van der Waals surface area contributed by atoms with Gasteiger partial charge in [-0.2, -0.15) is 0 Å². The van der Waals surface area contributed by atoms with Gasteiger partial charge in [-0.05, 0) is 48.2 Å². The third-order valence-corrected chi connectivity index (χ3v) is 8.35. The summed E-state index contributed by atoms with van der Waals surface area (Å²) in [5, 5.41) is 15.4. The first kappa shape index (κ1) is 25.8. The Morgan fingerprint density at radius 1 is 0.625 bits per heavy atom. The fourth-order valence-electron chi connectivity index (χ4n) is 5.86. The first-order valence-corrected chi connectivity index (χ1v) is 13.7. The van der Waals surface area contributed by atoms with E-state index in [1.165, 1.54) is 40.3 Å². The molecule has 1 heterocycles. The molecule has 204 valence electrons. The van der Waals surface area contributed by atoms with Crippen LogP contribution < -0.4 is 10.6 Å². The number of benzene rings is 3. The third kappa shape index (κ3) is 5.34. The zero-order chi connectivity index (χ0) is 27.8. The van der Waals surface area contributed by atoms with Crippen molar-refractivity contribution >= 4 is 23.7 Å². The van der Waals surface area contributed by atoms with E-state index in [0.717, 1.165) is 12.8 Å². The van der Waals surface area contributed by atoms with Gasteiger partial charge in [0.05, 0.1) is 17.4 Å². The lowest BCUT2D eigenvalue weighted by Gasteiger charge is -2.18. The van der Waals surface area contributed by atoms with Crippen LogP contribution in [0.5, 0.6) is 0 Å². The molecule has 3 aromatic carbocycles. The van der Waals surface area contributed by atoms with Crippen LogP contribution in [-0.2, 0) is 9.59 Å². The van der Waals surface area contributed by atoms with E-state index in [-0.39, 0.29) is 60.3 Å². The smallest absolute Gasteiger partial charge is 0.335 e. The summed E-state index contributed by atoms with van der Waals surface area (Å²) in [6.45, 7) is 0.248. The molecule has 3 unspecified atom stereocenters. The molecule has 8 nitrogen and oxygen atoms in total. The summed E-state index contributed by atoms with van der Waals surface area (Å²) < 4.78 is 0. The molecule has 1 aliphatic heterocycles. The number of carbonyl (C=O) groups excluding carboxylic acids is 3. The molecule has 3 N–H and O–H groups in total. The van der Waals surface area contributed by atoms with Crippen LogP contribution in [0.15, 0.2) is 84.9 Å². The molecule has 8 heteroatoms. The van der Waals surface area contributed by atoms with Crippen LogP contribution in [0.1, 0.15) is 56.5 Å².